The van der Waals surface area contributed by atoms with Crippen LogP contribution in [0.2, 0.25) is 0 Å². The Labute approximate surface area is 148 Å². The average Bonchev–Trinajstić information content (AvgIpc) is 2.56. The van der Waals surface area contributed by atoms with Crippen LogP contribution in [0.3, 0.4) is 0 Å². The molecular weight excluding hydrogens is 324 g/mol. The minimum atomic E-state index is -0.657. The van der Waals surface area contributed by atoms with Gasteiger partial charge < -0.3 is 20.1 Å². The molecule has 1 aromatic carbocycles. The fourth-order valence-electron chi connectivity index (χ4n) is 2.91. The number of thioether (sulfide) groups is 1. The summed E-state index contributed by atoms with van der Waals surface area (Å²) < 4.78 is 5.36. The highest BCUT2D eigenvalue weighted by atomic mass is 32.2. The maximum Gasteiger partial charge on any atom is 0.230 e. The molecule has 0 spiro atoms. The van der Waals surface area contributed by atoms with Gasteiger partial charge in [-0.3, -0.25) is 4.79 Å². The number of benzene rings is 1. The molecule has 1 aliphatic heterocycles. The highest BCUT2D eigenvalue weighted by Crippen LogP contribution is 2.21. The molecule has 0 aliphatic carbocycles. The predicted octanol–water partition coefficient (Wildman–Crippen LogP) is 2.10. The summed E-state index contributed by atoms with van der Waals surface area (Å²) >= 11 is 1.55. The van der Waals surface area contributed by atoms with E-state index in [0.717, 1.165) is 24.3 Å². The first-order valence-corrected chi connectivity index (χ1v) is 9.51. The van der Waals surface area contributed by atoms with Crippen molar-refractivity contribution in [2.45, 2.75) is 49.5 Å². The van der Waals surface area contributed by atoms with Crippen molar-refractivity contribution in [3.8, 4) is 0 Å². The Morgan fingerprint density at radius 1 is 1.38 bits per heavy atom. The summed E-state index contributed by atoms with van der Waals surface area (Å²) in [6.07, 6.45) is 1.93. The van der Waals surface area contributed by atoms with E-state index in [2.05, 4.69) is 17.3 Å². The van der Waals surface area contributed by atoms with Gasteiger partial charge in [-0.25, -0.2) is 0 Å². The van der Waals surface area contributed by atoms with Gasteiger partial charge in [0.25, 0.3) is 0 Å². The quantitative estimate of drug-likeness (QED) is 0.554. The Bertz CT molecular complexity index is 490. The van der Waals surface area contributed by atoms with Crippen molar-refractivity contribution in [2.24, 2.45) is 0 Å². The minimum Gasteiger partial charge on any atom is -0.368 e. The van der Waals surface area contributed by atoms with E-state index in [9.17, 15) is 9.90 Å². The second kappa shape index (κ2) is 10.0. The van der Waals surface area contributed by atoms with E-state index in [-0.39, 0.29) is 12.0 Å². The smallest absolute Gasteiger partial charge is 0.230 e. The van der Waals surface area contributed by atoms with Crippen molar-refractivity contribution in [1.82, 2.24) is 10.2 Å². The maximum absolute atomic E-state index is 11.9. The third-order valence-electron chi connectivity index (χ3n) is 4.21. The standard InChI is InChI=1S/C18H28N2O3S/c1-14-11-15(12-18(22)23-14)20(2)10-6-9-19-17(21)13-24-16-7-4-3-5-8-16/h3-5,7-8,14-15,18,22H,6,9-13H2,1-2H3,(H,19,21)/t14-,15+,18-/m1/s1. The van der Waals surface area contributed by atoms with Crippen LogP contribution in [-0.2, 0) is 9.53 Å². The number of aliphatic hydroxyl groups excluding tert-OH is 1. The molecule has 1 saturated heterocycles. The van der Waals surface area contributed by atoms with Crippen molar-refractivity contribution >= 4 is 17.7 Å². The molecule has 1 heterocycles. The minimum absolute atomic E-state index is 0.0709. The summed E-state index contributed by atoms with van der Waals surface area (Å²) in [5.41, 5.74) is 0. The molecule has 24 heavy (non-hydrogen) atoms. The van der Waals surface area contributed by atoms with Crippen molar-refractivity contribution in [1.29, 1.82) is 0 Å². The first-order valence-electron chi connectivity index (χ1n) is 8.53. The number of nitrogens with one attached hydrogen (secondary N) is 1. The van der Waals surface area contributed by atoms with Crippen LogP contribution in [0.4, 0.5) is 0 Å². The number of carbonyl (C=O) groups excluding carboxylic acids is 1. The summed E-state index contributed by atoms with van der Waals surface area (Å²) in [6.45, 7) is 3.57. The van der Waals surface area contributed by atoms with Gasteiger partial charge in [-0.15, -0.1) is 11.8 Å². The van der Waals surface area contributed by atoms with Crippen molar-refractivity contribution in [2.75, 3.05) is 25.9 Å². The lowest BCUT2D eigenvalue weighted by atomic mass is 10.0. The lowest BCUT2D eigenvalue weighted by Gasteiger charge is -2.36. The largest absolute Gasteiger partial charge is 0.368 e. The summed E-state index contributed by atoms with van der Waals surface area (Å²) in [4.78, 5) is 15.2. The third-order valence-corrected chi connectivity index (χ3v) is 5.23. The van der Waals surface area contributed by atoms with Gasteiger partial charge in [0.2, 0.25) is 5.91 Å². The molecule has 0 bridgehead atoms. The first-order chi connectivity index (χ1) is 11.5. The zero-order chi connectivity index (χ0) is 17.4. The van der Waals surface area contributed by atoms with Gasteiger partial charge in [-0.1, -0.05) is 18.2 Å². The lowest BCUT2D eigenvalue weighted by Crippen LogP contribution is -2.44. The zero-order valence-electron chi connectivity index (χ0n) is 14.5. The van der Waals surface area contributed by atoms with Crippen LogP contribution in [0.15, 0.2) is 35.2 Å². The molecule has 5 nitrogen and oxygen atoms in total. The van der Waals surface area contributed by atoms with Gasteiger partial charge in [0.15, 0.2) is 6.29 Å². The van der Waals surface area contributed by atoms with Crippen LogP contribution in [0, 0.1) is 0 Å². The molecule has 1 amide bonds. The van der Waals surface area contributed by atoms with Gasteiger partial charge in [0, 0.05) is 23.9 Å². The van der Waals surface area contributed by atoms with E-state index in [4.69, 9.17) is 4.74 Å². The predicted molar refractivity (Wildman–Crippen MR) is 97.0 cm³/mol. The van der Waals surface area contributed by atoms with E-state index in [1.54, 1.807) is 11.8 Å². The second-order valence-corrected chi connectivity index (χ2v) is 7.36. The Kier molecular flexibility index (Phi) is 8.05. The van der Waals surface area contributed by atoms with Crippen LogP contribution in [0.25, 0.3) is 0 Å². The topological polar surface area (TPSA) is 61.8 Å². The lowest BCUT2D eigenvalue weighted by molar-refractivity contribution is -0.173. The number of hydrogen-bond donors (Lipinski definition) is 2. The molecule has 1 fully saturated rings. The van der Waals surface area contributed by atoms with Gasteiger partial charge in [-0.05, 0) is 45.5 Å². The Morgan fingerprint density at radius 3 is 2.83 bits per heavy atom. The number of rotatable bonds is 8. The molecule has 1 aromatic rings. The van der Waals surface area contributed by atoms with Crippen LogP contribution in [0.1, 0.15) is 26.2 Å². The molecule has 2 N–H and O–H groups in total. The molecule has 3 atom stereocenters. The average molecular weight is 353 g/mol. The third kappa shape index (κ3) is 6.81. The Morgan fingerprint density at radius 2 is 2.12 bits per heavy atom. The van der Waals surface area contributed by atoms with E-state index < -0.39 is 6.29 Å². The molecule has 0 radical (unpaired) electrons. The van der Waals surface area contributed by atoms with Crippen LogP contribution in [0.5, 0.6) is 0 Å². The zero-order valence-corrected chi connectivity index (χ0v) is 15.3. The van der Waals surface area contributed by atoms with Gasteiger partial charge in [-0.2, -0.15) is 0 Å². The summed E-state index contributed by atoms with van der Waals surface area (Å²) in [6, 6.07) is 10.3. The van der Waals surface area contributed by atoms with Crippen LogP contribution >= 0.6 is 11.8 Å². The van der Waals surface area contributed by atoms with E-state index in [1.165, 1.54) is 0 Å². The van der Waals surface area contributed by atoms with Crippen molar-refractivity contribution in [3.05, 3.63) is 30.3 Å². The van der Waals surface area contributed by atoms with Gasteiger partial charge >= 0.3 is 0 Å². The Balaban J connectivity index is 1.57. The Hall–Kier alpha value is -1.08. The maximum atomic E-state index is 11.9. The number of amides is 1. The highest BCUT2D eigenvalue weighted by molar-refractivity contribution is 8.00. The number of carbonyl (C=O) groups is 1. The molecular formula is C18H28N2O3S. The summed E-state index contributed by atoms with van der Waals surface area (Å²) in [5.74, 6) is 0.519. The summed E-state index contributed by atoms with van der Waals surface area (Å²) in [5, 5.41) is 12.7. The van der Waals surface area contributed by atoms with Crippen molar-refractivity contribution in [3.63, 3.8) is 0 Å². The molecule has 0 unspecified atom stereocenters. The van der Waals surface area contributed by atoms with Crippen LogP contribution in [-0.4, -0.2) is 60.2 Å². The molecule has 6 heteroatoms. The van der Waals surface area contributed by atoms with E-state index in [0.29, 0.717) is 24.8 Å². The van der Waals surface area contributed by atoms with Gasteiger partial charge in [0.05, 0.1) is 11.9 Å². The SMILES string of the molecule is C[C@@H]1C[C@H](N(C)CCCNC(=O)CSc2ccccc2)C[C@H](O)O1. The molecule has 2 rings (SSSR count). The highest BCUT2D eigenvalue weighted by Gasteiger charge is 2.27. The monoisotopic (exact) mass is 352 g/mol. The molecule has 134 valence electrons. The molecule has 0 saturated carbocycles. The normalized spacial score (nSPS) is 24.1. The second-order valence-electron chi connectivity index (χ2n) is 6.31. The number of hydrogen-bond acceptors (Lipinski definition) is 5. The number of nitrogens with zero attached hydrogens (tertiary/aromatic N) is 1. The number of aliphatic hydroxyl groups is 1. The number of ether oxygens (including phenoxy) is 1. The van der Waals surface area contributed by atoms with Gasteiger partial charge in [0.1, 0.15) is 0 Å². The molecule has 0 aromatic heterocycles. The fraction of sp³-hybridized carbons (Fsp3) is 0.611. The summed E-state index contributed by atoms with van der Waals surface area (Å²) in [7, 11) is 2.07. The first kappa shape index (κ1) is 19.2. The van der Waals surface area contributed by atoms with Crippen molar-refractivity contribution < 1.29 is 14.6 Å². The van der Waals surface area contributed by atoms with E-state index >= 15 is 0 Å². The van der Waals surface area contributed by atoms with Crippen LogP contribution < -0.4 is 5.32 Å². The fourth-order valence-corrected chi connectivity index (χ4v) is 3.66. The molecule has 1 aliphatic rings. The van der Waals surface area contributed by atoms with E-state index in [1.807, 2.05) is 37.3 Å².